The number of methoxy groups -OCH3 is 1. The topological polar surface area (TPSA) is 90.3 Å². The van der Waals surface area contributed by atoms with Crippen LogP contribution in [0.4, 0.5) is 5.69 Å². The first-order valence-electron chi connectivity index (χ1n) is 7.47. The number of imidazole rings is 1. The zero-order valence-electron chi connectivity index (χ0n) is 13.6. The van der Waals surface area contributed by atoms with Gasteiger partial charge in [-0.3, -0.25) is 10.1 Å². The van der Waals surface area contributed by atoms with Crippen molar-refractivity contribution in [2.75, 3.05) is 7.11 Å². The summed E-state index contributed by atoms with van der Waals surface area (Å²) in [5, 5.41) is 10.9. The third-order valence-electron chi connectivity index (χ3n) is 3.48. The molecule has 0 aliphatic heterocycles. The molecule has 1 aromatic heterocycles. The third-order valence-corrected chi connectivity index (χ3v) is 3.48. The molecule has 0 unspecified atom stereocenters. The van der Waals surface area contributed by atoms with Crippen LogP contribution in [0.3, 0.4) is 0 Å². The summed E-state index contributed by atoms with van der Waals surface area (Å²) in [7, 11) is 1.58. The zero-order valence-corrected chi connectivity index (χ0v) is 13.6. The number of benzene rings is 2. The second-order valence-corrected chi connectivity index (χ2v) is 5.58. The Hall–Kier alpha value is -3.09. The molecular weight excluding hydrogens is 310 g/mol. The van der Waals surface area contributed by atoms with E-state index in [1.54, 1.807) is 13.2 Å². The van der Waals surface area contributed by atoms with Crippen LogP contribution >= 0.6 is 0 Å². The second-order valence-electron chi connectivity index (χ2n) is 5.58. The number of non-ortho nitro benzene ring substituents is 1. The lowest BCUT2D eigenvalue weighted by Crippen LogP contribution is -2.06. The summed E-state index contributed by atoms with van der Waals surface area (Å²) in [5.74, 6) is 1.87. The van der Waals surface area contributed by atoms with Gasteiger partial charge in [-0.2, -0.15) is 0 Å². The molecule has 7 heteroatoms. The number of aromatic amines is 1. The van der Waals surface area contributed by atoms with Gasteiger partial charge in [-0.1, -0.05) is 0 Å². The fraction of sp³-hybridized carbons (Fsp3) is 0.235. The van der Waals surface area contributed by atoms with Crippen molar-refractivity contribution in [3.8, 4) is 22.9 Å². The Balaban J connectivity index is 2.02. The number of H-pyrrole nitrogens is 1. The van der Waals surface area contributed by atoms with Crippen LogP contribution in [-0.2, 0) is 0 Å². The molecule has 3 rings (SSSR count). The Morgan fingerprint density at radius 3 is 2.62 bits per heavy atom. The second kappa shape index (κ2) is 6.19. The average Bonchev–Trinajstić information content (AvgIpc) is 2.97. The van der Waals surface area contributed by atoms with Crippen LogP contribution in [0, 0.1) is 10.1 Å². The lowest BCUT2D eigenvalue weighted by atomic mass is 10.2. The van der Waals surface area contributed by atoms with Crippen molar-refractivity contribution >= 4 is 16.7 Å². The average molecular weight is 327 g/mol. The lowest BCUT2D eigenvalue weighted by molar-refractivity contribution is -0.384. The van der Waals surface area contributed by atoms with Crippen molar-refractivity contribution in [2.24, 2.45) is 0 Å². The largest absolute Gasteiger partial charge is 0.493 e. The summed E-state index contributed by atoms with van der Waals surface area (Å²) in [6, 6.07) is 10.0. The number of hydrogen-bond donors (Lipinski definition) is 1. The van der Waals surface area contributed by atoms with E-state index in [1.807, 2.05) is 32.0 Å². The highest BCUT2D eigenvalue weighted by molar-refractivity contribution is 5.81. The van der Waals surface area contributed by atoms with Crippen LogP contribution in [0.1, 0.15) is 13.8 Å². The number of ether oxygens (including phenoxy) is 2. The van der Waals surface area contributed by atoms with E-state index in [9.17, 15) is 10.1 Å². The molecule has 7 nitrogen and oxygen atoms in total. The minimum Gasteiger partial charge on any atom is -0.493 e. The van der Waals surface area contributed by atoms with Gasteiger partial charge in [0.2, 0.25) is 0 Å². The fourth-order valence-electron chi connectivity index (χ4n) is 2.41. The van der Waals surface area contributed by atoms with Gasteiger partial charge in [0.25, 0.3) is 5.69 Å². The Kier molecular flexibility index (Phi) is 4.07. The summed E-state index contributed by atoms with van der Waals surface area (Å²) in [6.07, 6.45) is 0.0384. The molecule has 3 aromatic rings. The number of nitrogens with zero attached hydrogens (tertiary/aromatic N) is 2. The fourth-order valence-corrected chi connectivity index (χ4v) is 2.41. The maximum Gasteiger partial charge on any atom is 0.271 e. The SMILES string of the molecule is COc1cc(-c2nc3ccc([N+](=O)[O-])cc3[nH]2)ccc1OC(C)C. The first-order chi connectivity index (χ1) is 11.5. The van der Waals surface area contributed by atoms with E-state index in [0.29, 0.717) is 28.4 Å². The summed E-state index contributed by atoms with van der Waals surface area (Å²) in [6.45, 7) is 3.89. The number of nitro benzene ring substituents is 1. The van der Waals surface area contributed by atoms with Crippen LogP contribution in [0.15, 0.2) is 36.4 Å². The Bertz CT molecular complexity index is 902. The van der Waals surface area contributed by atoms with Gasteiger partial charge in [0.15, 0.2) is 11.5 Å². The molecule has 1 N–H and O–H groups in total. The van der Waals surface area contributed by atoms with E-state index in [1.165, 1.54) is 12.1 Å². The van der Waals surface area contributed by atoms with Gasteiger partial charge in [0.05, 0.1) is 29.2 Å². The van der Waals surface area contributed by atoms with Crippen LogP contribution in [-0.4, -0.2) is 28.1 Å². The molecule has 0 aliphatic carbocycles. The predicted molar refractivity (Wildman–Crippen MR) is 90.5 cm³/mol. The van der Waals surface area contributed by atoms with Crippen molar-refractivity contribution in [3.63, 3.8) is 0 Å². The van der Waals surface area contributed by atoms with Crippen molar-refractivity contribution in [1.29, 1.82) is 0 Å². The maximum absolute atomic E-state index is 10.9. The van der Waals surface area contributed by atoms with Crippen molar-refractivity contribution in [1.82, 2.24) is 9.97 Å². The highest BCUT2D eigenvalue weighted by atomic mass is 16.6. The minimum atomic E-state index is -0.430. The molecule has 0 saturated carbocycles. The summed E-state index contributed by atoms with van der Waals surface area (Å²) in [4.78, 5) is 18.0. The molecule has 0 saturated heterocycles. The lowest BCUT2D eigenvalue weighted by Gasteiger charge is -2.14. The van der Waals surface area contributed by atoms with Crippen LogP contribution in [0.2, 0.25) is 0 Å². The highest BCUT2D eigenvalue weighted by Gasteiger charge is 2.13. The molecule has 0 bridgehead atoms. The molecule has 0 atom stereocenters. The molecular formula is C17H17N3O4. The number of hydrogen-bond acceptors (Lipinski definition) is 5. The Labute approximate surface area is 138 Å². The maximum atomic E-state index is 10.9. The number of aromatic nitrogens is 2. The Morgan fingerprint density at radius 2 is 1.96 bits per heavy atom. The number of nitrogens with one attached hydrogen (secondary N) is 1. The van der Waals surface area contributed by atoms with E-state index in [2.05, 4.69) is 9.97 Å². The van der Waals surface area contributed by atoms with E-state index in [0.717, 1.165) is 5.56 Å². The van der Waals surface area contributed by atoms with Crippen molar-refractivity contribution in [3.05, 3.63) is 46.5 Å². The molecule has 24 heavy (non-hydrogen) atoms. The van der Waals surface area contributed by atoms with E-state index in [4.69, 9.17) is 9.47 Å². The van der Waals surface area contributed by atoms with Gasteiger partial charge in [0.1, 0.15) is 5.82 Å². The van der Waals surface area contributed by atoms with Gasteiger partial charge in [-0.25, -0.2) is 4.98 Å². The first kappa shape index (κ1) is 15.8. The van der Waals surface area contributed by atoms with Gasteiger partial charge in [-0.05, 0) is 38.1 Å². The quantitative estimate of drug-likeness (QED) is 0.566. The van der Waals surface area contributed by atoms with E-state index < -0.39 is 4.92 Å². The summed E-state index contributed by atoms with van der Waals surface area (Å²) < 4.78 is 11.1. The molecule has 1 heterocycles. The van der Waals surface area contributed by atoms with Gasteiger partial charge >= 0.3 is 0 Å². The normalized spacial score (nSPS) is 11.0. The molecule has 0 aliphatic rings. The molecule has 124 valence electrons. The monoisotopic (exact) mass is 327 g/mol. The van der Waals surface area contributed by atoms with Crippen LogP contribution < -0.4 is 9.47 Å². The van der Waals surface area contributed by atoms with Gasteiger partial charge < -0.3 is 14.5 Å². The van der Waals surface area contributed by atoms with Crippen molar-refractivity contribution in [2.45, 2.75) is 20.0 Å². The van der Waals surface area contributed by atoms with E-state index in [-0.39, 0.29) is 11.8 Å². The number of nitro groups is 1. The van der Waals surface area contributed by atoms with Crippen LogP contribution in [0.25, 0.3) is 22.4 Å². The molecule has 0 amide bonds. The van der Waals surface area contributed by atoms with E-state index >= 15 is 0 Å². The number of fused-ring (bicyclic) bond motifs is 1. The highest BCUT2D eigenvalue weighted by Crippen LogP contribution is 2.33. The summed E-state index contributed by atoms with van der Waals surface area (Å²) in [5.41, 5.74) is 2.11. The molecule has 0 spiro atoms. The van der Waals surface area contributed by atoms with Gasteiger partial charge in [-0.15, -0.1) is 0 Å². The number of rotatable bonds is 5. The molecule has 2 aromatic carbocycles. The standard InChI is InChI=1S/C17H17N3O4/c1-10(2)24-15-7-4-11(8-16(15)23-3)17-18-13-6-5-12(20(21)22)9-14(13)19-17/h4-10H,1-3H3,(H,18,19). The predicted octanol–water partition coefficient (Wildman–Crippen LogP) is 3.93. The minimum absolute atomic E-state index is 0.0240. The Morgan fingerprint density at radius 1 is 1.17 bits per heavy atom. The zero-order chi connectivity index (χ0) is 17.3. The third kappa shape index (κ3) is 3.01. The molecule has 0 fully saturated rings. The summed E-state index contributed by atoms with van der Waals surface area (Å²) >= 11 is 0. The first-order valence-corrected chi connectivity index (χ1v) is 7.47. The molecule has 0 radical (unpaired) electrons. The smallest absolute Gasteiger partial charge is 0.271 e. The van der Waals surface area contributed by atoms with Crippen molar-refractivity contribution < 1.29 is 14.4 Å². The van der Waals surface area contributed by atoms with Crippen LogP contribution in [0.5, 0.6) is 11.5 Å². The van der Waals surface area contributed by atoms with Gasteiger partial charge in [0, 0.05) is 17.7 Å².